The van der Waals surface area contributed by atoms with Crippen molar-refractivity contribution in [2.24, 2.45) is 0 Å². The minimum atomic E-state index is -0.565. The van der Waals surface area contributed by atoms with Gasteiger partial charge in [-0.2, -0.15) is 0 Å². The molecule has 0 aliphatic heterocycles. The van der Waals surface area contributed by atoms with E-state index in [0.29, 0.717) is 13.2 Å². The highest BCUT2D eigenvalue weighted by Crippen LogP contribution is 2.12. The molecular weight excluding hydrogens is 344 g/mol. The fraction of sp³-hybridized carbons (Fsp3) is 0.818. The van der Waals surface area contributed by atoms with Gasteiger partial charge in [0.15, 0.2) is 0 Å². The predicted molar refractivity (Wildman–Crippen MR) is 109 cm³/mol. The van der Waals surface area contributed by atoms with Gasteiger partial charge in [-0.15, -0.1) is 0 Å². The molecule has 0 atom stereocenters. The first-order chi connectivity index (χ1) is 13.2. The van der Waals surface area contributed by atoms with E-state index < -0.39 is 11.9 Å². The molecule has 0 radical (unpaired) electrons. The van der Waals surface area contributed by atoms with Crippen molar-refractivity contribution in [2.75, 3.05) is 26.9 Å². The van der Waals surface area contributed by atoms with Crippen LogP contribution in [0.3, 0.4) is 0 Å². The summed E-state index contributed by atoms with van der Waals surface area (Å²) in [5, 5.41) is 0. The van der Waals surface area contributed by atoms with Gasteiger partial charge in [-0.05, 0) is 6.42 Å². The number of hydrogen-bond donors (Lipinski definition) is 0. The molecule has 5 nitrogen and oxygen atoms in total. The number of hydrogen-bond acceptors (Lipinski definition) is 5. The Morgan fingerprint density at radius 1 is 0.593 bits per heavy atom. The van der Waals surface area contributed by atoms with Gasteiger partial charge in [0, 0.05) is 19.3 Å². The summed E-state index contributed by atoms with van der Waals surface area (Å²) in [6.45, 7) is 3.17. The van der Waals surface area contributed by atoms with Crippen LogP contribution in [0.4, 0.5) is 0 Å². The molecule has 0 aliphatic carbocycles. The van der Waals surface area contributed by atoms with Crippen molar-refractivity contribution in [1.29, 1.82) is 0 Å². The Bertz CT molecular complexity index is 379. The number of methoxy groups -OCH3 is 1. The zero-order valence-electron chi connectivity index (χ0n) is 17.5. The van der Waals surface area contributed by atoms with Gasteiger partial charge < -0.3 is 14.2 Å². The van der Waals surface area contributed by atoms with Crippen molar-refractivity contribution in [3.63, 3.8) is 0 Å². The highest BCUT2D eigenvalue weighted by Gasteiger charge is 2.01. The molecule has 5 heteroatoms. The van der Waals surface area contributed by atoms with E-state index in [9.17, 15) is 9.59 Å². The van der Waals surface area contributed by atoms with Crippen molar-refractivity contribution < 1.29 is 23.8 Å². The van der Waals surface area contributed by atoms with Crippen molar-refractivity contribution in [1.82, 2.24) is 0 Å². The van der Waals surface area contributed by atoms with Crippen LogP contribution in [0.1, 0.15) is 90.4 Å². The van der Waals surface area contributed by atoms with Gasteiger partial charge in [-0.25, -0.2) is 9.59 Å². The van der Waals surface area contributed by atoms with E-state index in [2.05, 4.69) is 6.92 Å². The largest absolute Gasteiger partial charge is 0.463 e. The van der Waals surface area contributed by atoms with Crippen molar-refractivity contribution in [2.45, 2.75) is 90.4 Å². The van der Waals surface area contributed by atoms with Gasteiger partial charge in [0.2, 0.25) is 0 Å². The van der Waals surface area contributed by atoms with Crippen LogP contribution < -0.4 is 0 Å². The van der Waals surface area contributed by atoms with Crippen LogP contribution in [-0.2, 0) is 23.8 Å². The van der Waals surface area contributed by atoms with Gasteiger partial charge in [0.05, 0.1) is 13.2 Å². The zero-order valence-corrected chi connectivity index (χ0v) is 17.5. The Morgan fingerprint density at radius 3 is 1.44 bits per heavy atom. The summed E-state index contributed by atoms with van der Waals surface area (Å²) in [5.41, 5.74) is 0. The molecule has 0 bridgehead atoms. The minimum Gasteiger partial charge on any atom is -0.463 e. The average molecular weight is 385 g/mol. The number of carbonyl (C=O) groups is 2. The van der Waals surface area contributed by atoms with Crippen molar-refractivity contribution in [3.8, 4) is 0 Å². The van der Waals surface area contributed by atoms with Crippen LogP contribution >= 0.6 is 0 Å². The summed E-state index contributed by atoms with van der Waals surface area (Å²) >= 11 is 0. The Labute approximate surface area is 165 Å². The number of rotatable bonds is 19. The molecule has 0 rings (SSSR count). The third-order valence-electron chi connectivity index (χ3n) is 4.38. The van der Waals surface area contributed by atoms with Gasteiger partial charge in [0.25, 0.3) is 0 Å². The maximum absolute atomic E-state index is 11.5. The lowest BCUT2D eigenvalue weighted by molar-refractivity contribution is -0.141. The van der Waals surface area contributed by atoms with E-state index >= 15 is 0 Å². The Kier molecular flexibility index (Phi) is 19.9. The number of ether oxygens (including phenoxy) is 3. The summed E-state index contributed by atoms with van der Waals surface area (Å²) in [6.07, 6.45) is 18.9. The van der Waals surface area contributed by atoms with Gasteiger partial charge >= 0.3 is 11.9 Å². The average Bonchev–Trinajstić information content (AvgIpc) is 2.67. The standard InChI is InChI=1S/C22H40O5/c1-3-4-5-6-7-8-9-10-11-12-13-14-15-18-26-21(23)16-17-22(24)27-20-19-25-2/h16-17H,3-15,18-20H2,1-2H3/b17-16+. The molecule has 0 aromatic heterocycles. The molecule has 0 aliphatic rings. The molecule has 0 unspecified atom stereocenters. The van der Waals surface area contributed by atoms with E-state index in [1.54, 1.807) is 0 Å². The van der Waals surface area contributed by atoms with Crippen LogP contribution in [0.2, 0.25) is 0 Å². The summed E-state index contributed by atoms with van der Waals surface area (Å²) in [5.74, 6) is -1.07. The van der Waals surface area contributed by atoms with E-state index in [0.717, 1.165) is 25.0 Å². The Morgan fingerprint density at radius 2 is 1.00 bits per heavy atom. The quantitative estimate of drug-likeness (QED) is 0.170. The molecule has 158 valence electrons. The second kappa shape index (κ2) is 20.9. The lowest BCUT2D eigenvalue weighted by Crippen LogP contribution is -2.08. The molecule has 0 aromatic carbocycles. The summed E-state index contributed by atoms with van der Waals surface area (Å²) in [6, 6.07) is 0. The Balaban J connectivity index is 3.31. The fourth-order valence-electron chi connectivity index (χ4n) is 2.75. The van der Waals surface area contributed by atoms with Gasteiger partial charge in [0.1, 0.15) is 6.61 Å². The molecular formula is C22H40O5. The highest BCUT2D eigenvalue weighted by atomic mass is 16.6. The molecule has 0 N–H and O–H groups in total. The highest BCUT2D eigenvalue weighted by molar-refractivity contribution is 5.91. The third kappa shape index (κ3) is 20.8. The van der Waals surface area contributed by atoms with E-state index in [1.807, 2.05) is 0 Å². The number of esters is 2. The molecule has 0 amide bonds. The lowest BCUT2D eigenvalue weighted by Gasteiger charge is -2.04. The smallest absolute Gasteiger partial charge is 0.331 e. The first-order valence-corrected chi connectivity index (χ1v) is 10.7. The number of carbonyl (C=O) groups excluding carboxylic acids is 2. The molecule has 0 fully saturated rings. The maximum atomic E-state index is 11.5. The second-order valence-corrected chi connectivity index (χ2v) is 6.90. The summed E-state index contributed by atoms with van der Waals surface area (Å²) in [7, 11) is 1.53. The minimum absolute atomic E-state index is 0.174. The van der Waals surface area contributed by atoms with Crippen LogP contribution in [0.15, 0.2) is 12.2 Å². The van der Waals surface area contributed by atoms with Crippen LogP contribution in [-0.4, -0.2) is 38.9 Å². The lowest BCUT2D eigenvalue weighted by atomic mass is 10.0. The van der Waals surface area contributed by atoms with E-state index in [4.69, 9.17) is 14.2 Å². The first kappa shape index (κ1) is 25.6. The SMILES string of the molecule is CCCCCCCCCCCCCCCOC(=O)/C=C/C(=O)OCCOC. The topological polar surface area (TPSA) is 61.8 Å². The molecule has 0 spiro atoms. The Hall–Kier alpha value is -1.36. The van der Waals surface area contributed by atoms with Crippen LogP contribution in [0, 0.1) is 0 Å². The zero-order chi connectivity index (χ0) is 20.0. The third-order valence-corrected chi connectivity index (χ3v) is 4.38. The van der Waals surface area contributed by atoms with Gasteiger partial charge in [-0.3, -0.25) is 0 Å². The predicted octanol–water partition coefficient (Wildman–Crippen LogP) is 5.37. The molecule has 0 aromatic rings. The first-order valence-electron chi connectivity index (χ1n) is 10.7. The van der Waals surface area contributed by atoms with Crippen LogP contribution in [0.25, 0.3) is 0 Å². The van der Waals surface area contributed by atoms with Crippen molar-refractivity contribution in [3.05, 3.63) is 12.2 Å². The molecule has 27 heavy (non-hydrogen) atoms. The maximum Gasteiger partial charge on any atom is 0.331 e. The normalized spacial score (nSPS) is 11.0. The molecule has 0 saturated heterocycles. The fourth-order valence-corrected chi connectivity index (χ4v) is 2.75. The summed E-state index contributed by atoms with van der Waals surface area (Å²) in [4.78, 5) is 22.7. The van der Waals surface area contributed by atoms with Gasteiger partial charge in [-0.1, -0.05) is 84.0 Å². The second-order valence-electron chi connectivity index (χ2n) is 6.90. The number of unbranched alkanes of at least 4 members (excludes halogenated alkanes) is 12. The molecule has 0 heterocycles. The van der Waals surface area contributed by atoms with Crippen molar-refractivity contribution >= 4 is 11.9 Å². The van der Waals surface area contributed by atoms with Crippen LogP contribution in [0.5, 0.6) is 0 Å². The summed E-state index contributed by atoms with van der Waals surface area (Å²) < 4.78 is 14.6. The molecule has 0 saturated carbocycles. The van der Waals surface area contributed by atoms with E-state index in [-0.39, 0.29) is 6.61 Å². The monoisotopic (exact) mass is 384 g/mol. The van der Waals surface area contributed by atoms with E-state index in [1.165, 1.54) is 77.7 Å².